The Bertz CT molecular complexity index is 874. The molecule has 32 heavy (non-hydrogen) atoms. The third-order valence-electron chi connectivity index (χ3n) is 10.7. The van der Waals surface area contributed by atoms with Crippen molar-refractivity contribution < 1.29 is 28.7 Å². The smallest absolute Gasteiger partial charge is 0.313 e. The Hall–Kier alpha value is -2.12. The van der Waals surface area contributed by atoms with Crippen molar-refractivity contribution in [1.29, 1.82) is 0 Å². The summed E-state index contributed by atoms with van der Waals surface area (Å²) in [5, 5.41) is 0. The molecule has 0 spiro atoms. The van der Waals surface area contributed by atoms with E-state index in [9.17, 15) is 19.2 Å². The molecule has 5 fully saturated rings. The molecule has 4 bridgehead atoms. The first kappa shape index (κ1) is 21.7. The van der Waals surface area contributed by atoms with Crippen molar-refractivity contribution in [3.8, 4) is 0 Å². The fourth-order valence-electron chi connectivity index (χ4n) is 7.07. The van der Waals surface area contributed by atoms with E-state index in [1.165, 1.54) is 0 Å². The number of amides is 2. The van der Waals surface area contributed by atoms with E-state index in [0.29, 0.717) is 51.9 Å². The lowest BCUT2D eigenvalue weighted by atomic mass is 9.66. The number of piperazine rings is 1. The van der Waals surface area contributed by atoms with Crippen LogP contribution >= 0.6 is 0 Å². The van der Waals surface area contributed by atoms with Gasteiger partial charge in [0.25, 0.3) is 11.8 Å². The Morgan fingerprint density at radius 2 is 0.938 bits per heavy atom. The zero-order valence-corrected chi connectivity index (χ0v) is 20.0. The summed E-state index contributed by atoms with van der Waals surface area (Å²) in [6.45, 7) is 13.1. The van der Waals surface area contributed by atoms with Crippen LogP contribution in [-0.4, -0.2) is 70.9 Å². The van der Waals surface area contributed by atoms with Gasteiger partial charge in [0.2, 0.25) is 0 Å². The molecule has 8 nitrogen and oxygen atoms in total. The lowest BCUT2D eigenvalue weighted by Gasteiger charge is -2.44. The molecule has 0 aromatic carbocycles. The third-order valence-corrected chi connectivity index (χ3v) is 10.7. The highest BCUT2D eigenvalue weighted by Crippen LogP contribution is 2.67. The van der Waals surface area contributed by atoms with Gasteiger partial charge in [-0.2, -0.15) is 0 Å². The molecular formula is C24H34N2O6. The van der Waals surface area contributed by atoms with Gasteiger partial charge in [-0.25, -0.2) is 0 Å². The molecule has 5 aliphatic rings. The Kier molecular flexibility index (Phi) is 3.98. The minimum absolute atomic E-state index is 0.150. The third kappa shape index (κ3) is 2.02. The fourth-order valence-corrected chi connectivity index (χ4v) is 7.07. The van der Waals surface area contributed by atoms with Crippen LogP contribution in [0.3, 0.4) is 0 Å². The fraction of sp³-hybridized carbons (Fsp3) is 0.833. The number of ether oxygens (including phenoxy) is 2. The van der Waals surface area contributed by atoms with Gasteiger partial charge in [-0.05, 0) is 39.5 Å². The molecule has 0 N–H and O–H groups in total. The zero-order valence-electron chi connectivity index (χ0n) is 20.0. The standard InChI is InChI=1S/C24H34N2O6/c1-19(2)21(5)7-9-23(19,31-17(21)29)15(27)25-11-13-26(14-12-25)16(28)24-10-8-22(6,18(30)32-24)20(24,3)4/h7-14H2,1-6H3/t21-,22-,23+,24+/m1/s1. The van der Waals surface area contributed by atoms with Gasteiger partial charge in [0.05, 0.1) is 10.8 Å². The molecule has 0 aromatic heterocycles. The van der Waals surface area contributed by atoms with Crippen LogP contribution < -0.4 is 0 Å². The number of fused-ring (bicyclic) bond motifs is 4. The molecule has 3 aliphatic heterocycles. The van der Waals surface area contributed by atoms with Crippen molar-refractivity contribution in [2.24, 2.45) is 21.7 Å². The maximum atomic E-state index is 13.6. The molecule has 2 amide bonds. The van der Waals surface area contributed by atoms with E-state index in [-0.39, 0.29) is 23.8 Å². The first-order valence-corrected chi connectivity index (χ1v) is 11.8. The molecule has 3 saturated heterocycles. The molecule has 0 unspecified atom stereocenters. The van der Waals surface area contributed by atoms with E-state index < -0.39 is 32.9 Å². The number of hydrogen-bond acceptors (Lipinski definition) is 6. The van der Waals surface area contributed by atoms with E-state index in [2.05, 4.69) is 0 Å². The van der Waals surface area contributed by atoms with Gasteiger partial charge < -0.3 is 19.3 Å². The summed E-state index contributed by atoms with van der Waals surface area (Å²) in [5.41, 5.74) is -4.72. The molecule has 0 aromatic rings. The predicted octanol–water partition coefficient (Wildman–Crippen LogP) is 1.90. The summed E-state index contributed by atoms with van der Waals surface area (Å²) in [6.07, 6.45) is 2.35. The van der Waals surface area contributed by atoms with Gasteiger partial charge in [-0.3, -0.25) is 19.2 Å². The lowest BCUT2D eigenvalue weighted by Crippen LogP contribution is -2.62. The highest BCUT2D eigenvalue weighted by molar-refractivity contribution is 5.97. The van der Waals surface area contributed by atoms with Crippen molar-refractivity contribution in [1.82, 2.24) is 9.80 Å². The SMILES string of the molecule is CC1(C)[C@@]2(C(=O)N3CCN(C(=O)[C@]45CC[C@](C)(C(=O)O4)C5(C)C)CC3)CC[C@]1(C)C(=O)O2. The van der Waals surface area contributed by atoms with E-state index in [1.807, 2.05) is 41.5 Å². The molecule has 4 atom stereocenters. The summed E-state index contributed by atoms with van der Waals surface area (Å²) in [7, 11) is 0. The van der Waals surface area contributed by atoms with Crippen LogP contribution in [0.1, 0.15) is 67.2 Å². The van der Waals surface area contributed by atoms with E-state index in [0.717, 1.165) is 0 Å². The Morgan fingerprint density at radius 3 is 1.16 bits per heavy atom. The van der Waals surface area contributed by atoms with Crippen LogP contribution in [0.4, 0.5) is 0 Å². The van der Waals surface area contributed by atoms with Gasteiger partial charge >= 0.3 is 11.9 Å². The number of esters is 2. The second-order valence-corrected chi connectivity index (χ2v) is 11.9. The molecule has 5 rings (SSSR count). The maximum Gasteiger partial charge on any atom is 0.313 e. The van der Waals surface area contributed by atoms with Crippen molar-refractivity contribution in [3.05, 3.63) is 0 Å². The molecular weight excluding hydrogens is 412 g/mol. The van der Waals surface area contributed by atoms with Crippen LogP contribution in [0, 0.1) is 21.7 Å². The summed E-state index contributed by atoms with van der Waals surface area (Å²) in [6, 6.07) is 0. The van der Waals surface area contributed by atoms with Gasteiger partial charge in [0, 0.05) is 37.0 Å². The van der Waals surface area contributed by atoms with Crippen LogP contribution in [0.25, 0.3) is 0 Å². The van der Waals surface area contributed by atoms with Crippen LogP contribution in [0.5, 0.6) is 0 Å². The molecule has 2 aliphatic carbocycles. The van der Waals surface area contributed by atoms with E-state index >= 15 is 0 Å². The first-order chi connectivity index (χ1) is 14.7. The van der Waals surface area contributed by atoms with Crippen molar-refractivity contribution >= 4 is 23.8 Å². The maximum absolute atomic E-state index is 13.6. The molecule has 176 valence electrons. The van der Waals surface area contributed by atoms with E-state index in [4.69, 9.17) is 9.47 Å². The Labute approximate surface area is 188 Å². The van der Waals surface area contributed by atoms with Gasteiger partial charge in [0.15, 0.2) is 11.2 Å². The van der Waals surface area contributed by atoms with Gasteiger partial charge in [0.1, 0.15) is 0 Å². The molecule has 0 radical (unpaired) electrons. The highest BCUT2D eigenvalue weighted by atomic mass is 16.6. The minimum Gasteiger partial charge on any atom is -0.448 e. The Morgan fingerprint density at radius 1 is 0.625 bits per heavy atom. The van der Waals surface area contributed by atoms with Crippen LogP contribution in [-0.2, 0) is 28.7 Å². The number of hydrogen-bond donors (Lipinski definition) is 0. The van der Waals surface area contributed by atoms with Gasteiger partial charge in [-0.1, -0.05) is 27.7 Å². The summed E-state index contributed by atoms with van der Waals surface area (Å²) >= 11 is 0. The van der Waals surface area contributed by atoms with Gasteiger partial charge in [-0.15, -0.1) is 0 Å². The Balaban J connectivity index is 1.32. The lowest BCUT2D eigenvalue weighted by molar-refractivity contribution is -0.179. The minimum atomic E-state index is -1.13. The number of carbonyl (C=O) groups is 4. The van der Waals surface area contributed by atoms with E-state index in [1.54, 1.807) is 9.80 Å². The average molecular weight is 447 g/mol. The van der Waals surface area contributed by atoms with Crippen molar-refractivity contribution in [2.45, 2.75) is 78.4 Å². The van der Waals surface area contributed by atoms with Crippen LogP contribution in [0.2, 0.25) is 0 Å². The second kappa shape index (κ2) is 5.86. The summed E-state index contributed by atoms with van der Waals surface area (Å²) < 4.78 is 11.5. The summed E-state index contributed by atoms with van der Waals surface area (Å²) in [5.74, 6) is -0.874. The normalized spacial score (nSPS) is 43.4. The topological polar surface area (TPSA) is 93.2 Å². The largest absolute Gasteiger partial charge is 0.448 e. The van der Waals surface area contributed by atoms with Crippen molar-refractivity contribution in [3.63, 3.8) is 0 Å². The number of carbonyl (C=O) groups excluding carboxylic acids is 4. The monoisotopic (exact) mass is 446 g/mol. The van der Waals surface area contributed by atoms with Crippen LogP contribution in [0.15, 0.2) is 0 Å². The zero-order chi connectivity index (χ0) is 23.5. The number of rotatable bonds is 2. The molecule has 8 heteroatoms. The van der Waals surface area contributed by atoms with Crippen molar-refractivity contribution in [2.75, 3.05) is 26.2 Å². The number of nitrogens with zero attached hydrogens (tertiary/aromatic N) is 2. The highest BCUT2D eigenvalue weighted by Gasteiger charge is 2.77. The predicted molar refractivity (Wildman–Crippen MR) is 113 cm³/mol. The molecule has 3 heterocycles. The second-order valence-electron chi connectivity index (χ2n) is 11.9. The average Bonchev–Trinajstić information content (AvgIpc) is 3.21. The first-order valence-electron chi connectivity index (χ1n) is 11.8. The summed E-state index contributed by atoms with van der Waals surface area (Å²) in [4.78, 5) is 55.8. The quantitative estimate of drug-likeness (QED) is 0.602. The molecule has 2 saturated carbocycles.